The van der Waals surface area contributed by atoms with Crippen LogP contribution in [0.5, 0.6) is 0 Å². The molecule has 31 heavy (non-hydrogen) atoms. The molecule has 0 unspecified atom stereocenters. The highest BCUT2D eigenvalue weighted by atomic mass is 32.1. The zero-order chi connectivity index (χ0) is 22.6. The predicted octanol–water partition coefficient (Wildman–Crippen LogP) is 5.78. The van der Waals surface area contributed by atoms with Crippen LogP contribution in [0.25, 0.3) is 0 Å². The van der Waals surface area contributed by atoms with Crippen LogP contribution in [0.4, 0.5) is 5.69 Å². The number of anilines is 1. The van der Waals surface area contributed by atoms with Crippen molar-refractivity contribution in [2.75, 3.05) is 11.5 Å². The summed E-state index contributed by atoms with van der Waals surface area (Å²) in [6, 6.07) is 2.00. The highest BCUT2D eigenvalue weighted by Crippen LogP contribution is 2.46. The van der Waals surface area contributed by atoms with Crippen LogP contribution in [0, 0.1) is 11.8 Å². The minimum absolute atomic E-state index is 0.0297. The average molecular weight is 446 g/mol. The second-order valence-electron chi connectivity index (χ2n) is 10.9. The first-order valence-corrected chi connectivity index (χ1v) is 12.3. The molecule has 5 nitrogen and oxygen atoms in total. The largest absolute Gasteiger partial charge is 0.477 e. The van der Waals surface area contributed by atoms with Crippen molar-refractivity contribution in [3.8, 4) is 0 Å². The summed E-state index contributed by atoms with van der Waals surface area (Å²) in [5, 5.41) is 10.0. The van der Waals surface area contributed by atoms with Crippen molar-refractivity contribution in [2.45, 2.75) is 90.2 Å². The molecular formula is C25H35NO4S. The van der Waals surface area contributed by atoms with Gasteiger partial charge in [0.1, 0.15) is 4.88 Å². The van der Waals surface area contributed by atoms with Crippen molar-refractivity contribution in [2.24, 2.45) is 11.8 Å². The minimum Gasteiger partial charge on any atom is -0.477 e. The van der Waals surface area contributed by atoms with E-state index in [0.29, 0.717) is 5.69 Å². The first kappa shape index (κ1) is 22.5. The van der Waals surface area contributed by atoms with E-state index in [4.69, 9.17) is 4.74 Å². The molecule has 2 fully saturated rings. The fraction of sp³-hybridized carbons (Fsp3) is 0.680. The van der Waals surface area contributed by atoms with E-state index >= 15 is 0 Å². The number of carbonyl (C=O) groups excluding carboxylic acids is 1. The number of rotatable bonds is 4. The third-order valence-corrected chi connectivity index (χ3v) is 8.83. The van der Waals surface area contributed by atoms with Gasteiger partial charge in [-0.15, -0.1) is 11.3 Å². The summed E-state index contributed by atoms with van der Waals surface area (Å²) in [4.78, 5) is 29.4. The molecule has 1 aromatic heterocycles. The fourth-order valence-electron chi connectivity index (χ4n) is 5.17. The molecule has 0 bridgehead atoms. The standard InChI is InChI=1S/C25H35NO4S/c1-15-6-7-18(16(2)12-15)22(27)26(17-8-10-25(11-9-17)14-30-25)19-13-20(24(3,4)5)31-21(19)23(28)29/h6,13,16-18H,7-12,14H2,1-5H3,(H,28,29)/t16-,17?,18-,25?/m0/s1. The van der Waals surface area contributed by atoms with E-state index in [-0.39, 0.29) is 39.7 Å². The molecule has 4 rings (SSSR count). The lowest BCUT2D eigenvalue weighted by molar-refractivity contribution is -0.124. The number of allylic oxidation sites excluding steroid dienone is 2. The Balaban J connectivity index is 1.73. The number of epoxide rings is 1. The molecule has 1 aromatic rings. The van der Waals surface area contributed by atoms with Gasteiger partial charge in [0.15, 0.2) is 0 Å². The van der Waals surface area contributed by atoms with Gasteiger partial charge in [0.05, 0.1) is 17.9 Å². The summed E-state index contributed by atoms with van der Waals surface area (Å²) >= 11 is 1.31. The van der Waals surface area contributed by atoms with E-state index in [1.807, 2.05) is 11.0 Å². The molecule has 2 aliphatic carbocycles. The van der Waals surface area contributed by atoms with Gasteiger partial charge in [-0.3, -0.25) is 4.79 Å². The summed E-state index contributed by atoms with van der Waals surface area (Å²) < 4.78 is 5.68. The summed E-state index contributed by atoms with van der Waals surface area (Å²) in [5.74, 6) is -0.694. The number of amides is 1. The zero-order valence-electron chi connectivity index (χ0n) is 19.4. The van der Waals surface area contributed by atoms with Crippen LogP contribution in [0.1, 0.15) is 87.7 Å². The van der Waals surface area contributed by atoms with Gasteiger partial charge in [-0.1, -0.05) is 39.3 Å². The molecule has 0 radical (unpaired) electrons. The van der Waals surface area contributed by atoms with Crippen molar-refractivity contribution in [3.05, 3.63) is 27.5 Å². The monoisotopic (exact) mass is 445 g/mol. The molecule has 1 saturated heterocycles. The van der Waals surface area contributed by atoms with Gasteiger partial charge >= 0.3 is 5.97 Å². The maximum atomic E-state index is 14.0. The van der Waals surface area contributed by atoms with Crippen molar-refractivity contribution in [3.63, 3.8) is 0 Å². The number of ether oxygens (including phenoxy) is 1. The van der Waals surface area contributed by atoms with Crippen molar-refractivity contribution >= 4 is 28.9 Å². The third-order valence-electron chi connectivity index (χ3n) is 7.30. The van der Waals surface area contributed by atoms with Gasteiger partial charge in [-0.05, 0) is 62.8 Å². The predicted molar refractivity (Wildman–Crippen MR) is 124 cm³/mol. The molecule has 3 aliphatic rings. The topological polar surface area (TPSA) is 70.1 Å². The summed E-state index contributed by atoms with van der Waals surface area (Å²) in [7, 11) is 0. The summed E-state index contributed by atoms with van der Waals surface area (Å²) in [6.45, 7) is 11.4. The maximum Gasteiger partial charge on any atom is 0.348 e. The Morgan fingerprint density at radius 1 is 1.26 bits per heavy atom. The Morgan fingerprint density at radius 2 is 1.90 bits per heavy atom. The van der Waals surface area contributed by atoms with Gasteiger partial charge in [-0.2, -0.15) is 0 Å². The van der Waals surface area contributed by atoms with E-state index in [1.54, 1.807) is 0 Å². The van der Waals surface area contributed by atoms with Crippen LogP contribution in [0.2, 0.25) is 0 Å². The number of aromatic carboxylic acids is 1. The first-order valence-electron chi connectivity index (χ1n) is 11.5. The van der Waals surface area contributed by atoms with Crippen LogP contribution in [-0.4, -0.2) is 35.2 Å². The molecule has 2 heterocycles. The molecular weight excluding hydrogens is 410 g/mol. The molecule has 0 aromatic carbocycles. The Hall–Kier alpha value is -1.66. The quantitative estimate of drug-likeness (QED) is 0.471. The lowest BCUT2D eigenvalue weighted by atomic mass is 9.79. The van der Waals surface area contributed by atoms with E-state index < -0.39 is 5.97 Å². The Bertz CT molecular complexity index is 895. The summed E-state index contributed by atoms with van der Waals surface area (Å²) in [6.07, 6.45) is 7.46. The lowest BCUT2D eigenvalue weighted by Gasteiger charge is -2.39. The maximum absolute atomic E-state index is 14.0. The molecule has 1 saturated carbocycles. The Kier molecular flexibility index (Phi) is 5.84. The summed E-state index contributed by atoms with van der Waals surface area (Å²) in [5.41, 5.74) is 1.80. The molecule has 1 spiro atoms. The van der Waals surface area contributed by atoms with Crippen LogP contribution >= 0.6 is 11.3 Å². The Labute approximate surface area is 189 Å². The number of thiophene rings is 1. The number of hydrogen-bond acceptors (Lipinski definition) is 4. The van der Waals surface area contributed by atoms with E-state index in [2.05, 4.69) is 40.7 Å². The fourth-order valence-corrected chi connectivity index (χ4v) is 6.22. The SMILES string of the molecule is CC1=CC[C@H](C(=O)N(c2cc(C(C)(C)C)sc2C(=O)O)C2CCC3(CC2)CO3)[C@@H](C)C1. The molecule has 1 aliphatic heterocycles. The van der Waals surface area contributed by atoms with Crippen LogP contribution in [0.15, 0.2) is 17.7 Å². The van der Waals surface area contributed by atoms with Crippen molar-refractivity contribution < 1.29 is 19.4 Å². The highest BCUT2D eigenvalue weighted by molar-refractivity contribution is 7.14. The van der Waals surface area contributed by atoms with Gasteiger partial charge < -0.3 is 14.7 Å². The van der Waals surface area contributed by atoms with Crippen molar-refractivity contribution in [1.82, 2.24) is 0 Å². The first-order chi connectivity index (χ1) is 14.5. The molecule has 1 N–H and O–H groups in total. The van der Waals surface area contributed by atoms with E-state index in [0.717, 1.165) is 50.0 Å². The number of carboxylic acids is 1. The van der Waals surface area contributed by atoms with Gasteiger partial charge in [0.2, 0.25) is 5.91 Å². The highest BCUT2D eigenvalue weighted by Gasteiger charge is 2.49. The Morgan fingerprint density at radius 3 is 2.42 bits per heavy atom. The average Bonchev–Trinajstić information content (AvgIpc) is 3.27. The molecule has 1 amide bonds. The second-order valence-corrected chi connectivity index (χ2v) is 11.9. The van der Waals surface area contributed by atoms with Crippen LogP contribution in [0.3, 0.4) is 0 Å². The molecule has 170 valence electrons. The van der Waals surface area contributed by atoms with E-state index in [9.17, 15) is 14.7 Å². The van der Waals surface area contributed by atoms with E-state index in [1.165, 1.54) is 16.9 Å². The second kappa shape index (κ2) is 8.04. The normalized spacial score (nSPS) is 30.7. The smallest absolute Gasteiger partial charge is 0.348 e. The minimum atomic E-state index is -0.946. The number of nitrogens with zero attached hydrogens (tertiary/aromatic N) is 1. The van der Waals surface area contributed by atoms with Crippen LogP contribution in [-0.2, 0) is 14.9 Å². The third kappa shape index (κ3) is 4.47. The van der Waals surface area contributed by atoms with Gasteiger partial charge in [0, 0.05) is 16.8 Å². The van der Waals surface area contributed by atoms with Crippen LogP contribution < -0.4 is 4.90 Å². The molecule has 2 atom stereocenters. The number of carboxylic acid groups (broad SMARTS) is 1. The van der Waals surface area contributed by atoms with Gasteiger partial charge in [-0.25, -0.2) is 4.79 Å². The van der Waals surface area contributed by atoms with Crippen molar-refractivity contribution in [1.29, 1.82) is 0 Å². The number of hydrogen-bond donors (Lipinski definition) is 1. The zero-order valence-corrected chi connectivity index (χ0v) is 20.2. The number of carbonyl (C=O) groups is 2. The van der Waals surface area contributed by atoms with Gasteiger partial charge in [0.25, 0.3) is 0 Å². The molecule has 6 heteroatoms. The lowest BCUT2D eigenvalue weighted by Crippen LogP contribution is -2.48.